The molecule has 0 aliphatic heterocycles. The number of hydrogen-bond acceptors (Lipinski definition) is 5. The highest BCUT2D eigenvalue weighted by molar-refractivity contribution is 7.89. The third kappa shape index (κ3) is 3.21. The van der Waals surface area contributed by atoms with Crippen molar-refractivity contribution >= 4 is 21.4 Å². The van der Waals surface area contributed by atoms with Gasteiger partial charge in [-0.2, -0.15) is 14.7 Å². The van der Waals surface area contributed by atoms with Crippen molar-refractivity contribution in [2.45, 2.75) is 31.2 Å². The zero-order valence-corrected chi connectivity index (χ0v) is 14.4. The van der Waals surface area contributed by atoms with Crippen molar-refractivity contribution in [2.75, 3.05) is 13.6 Å². The Balaban J connectivity index is 2.52. The van der Waals surface area contributed by atoms with E-state index in [0.717, 1.165) is 4.88 Å². The van der Waals surface area contributed by atoms with Gasteiger partial charge in [0.1, 0.15) is 10.6 Å². The molecule has 0 aromatic carbocycles. The van der Waals surface area contributed by atoms with Crippen molar-refractivity contribution in [1.29, 1.82) is 5.26 Å². The van der Waals surface area contributed by atoms with Crippen molar-refractivity contribution < 1.29 is 8.42 Å². The van der Waals surface area contributed by atoms with Gasteiger partial charge in [-0.3, -0.25) is 4.68 Å². The maximum absolute atomic E-state index is 12.8. The Morgan fingerprint density at radius 3 is 2.77 bits per heavy atom. The van der Waals surface area contributed by atoms with Gasteiger partial charge in [0.25, 0.3) is 0 Å². The van der Waals surface area contributed by atoms with Gasteiger partial charge in [0.2, 0.25) is 10.0 Å². The highest BCUT2D eigenvalue weighted by Crippen LogP contribution is 2.31. The molecule has 0 spiro atoms. The summed E-state index contributed by atoms with van der Waals surface area (Å²) in [6.45, 7) is 4.05. The molecule has 0 saturated heterocycles. The summed E-state index contributed by atoms with van der Waals surface area (Å²) in [5.41, 5.74) is 0.465. The van der Waals surface area contributed by atoms with E-state index in [4.69, 9.17) is 5.26 Å². The number of nitriles is 1. The maximum Gasteiger partial charge on any atom is 0.246 e. The van der Waals surface area contributed by atoms with E-state index < -0.39 is 10.0 Å². The Morgan fingerprint density at radius 2 is 2.23 bits per heavy atom. The van der Waals surface area contributed by atoms with Crippen LogP contribution in [-0.4, -0.2) is 36.1 Å². The second kappa shape index (κ2) is 6.60. The lowest BCUT2D eigenvalue weighted by Crippen LogP contribution is -2.28. The van der Waals surface area contributed by atoms with Crippen molar-refractivity contribution in [3.8, 4) is 16.6 Å². The van der Waals surface area contributed by atoms with E-state index >= 15 is 0 Å². The second-order valence-electron chi connectivity index (χ2n) is 5.13. The van der Waals surface area contributed by atoms with E-state index in [1.807, 2.05) is 37.4 Å². The Hall–Kier alpha value is -1.69. The summed E-state index contributed by atoms with van der Waals surface area (Å²) in [4.78, 5) is 0.996. The summed E-state index contributed by atoms with van der Waals surface area (Å²) in [7, 11) is -2.19. The van der Waals surface area contributed by atoms with Gasteiger partial charge in [0.05, 0.1) is 10.9 Å². The molecule has 118 valence electrons. The van der Waals surface area contributed by atoms with Gasteiger partial charge in [-0.15, -0.1) is 11.3 Å². The SMILES string of the molecule is CC(C)n1cc(S(=O)(=O)N(C)CCC#N)c(-c2cccs2)n1. The molecular weight excluding hydrogens is 320 g/mol. The molecule has 22 heavy (non-hydrogen) atoms. The van der Waals surface area contributed by atoms with Gasteiger partial charge in [-0.25, -0.2) is 8.42 Å². The minimum absolute atomic E-state index is 0.0621. The van der Waals surface area contributed by atoms with Crippen LogP contribution in [0.1, 0.15) is 26.3 Å². The van der Waals surface area contributed by atoms with E-state index in [1.165, 1.54) is 22.7 Å². The molecule has 0 atom stereocenters. The average molecular weight is 338 g/mol. The summed E-state index contributed by atoms with van der Waals surface area (Å²) in [6, 6.07) is 5.74. The Bertz CT molecular complexity index is 770. The molecule has 0 amide bonds. The number of hydrogen-bond donors (Lipinski definition) is 0. The van der Waals surface area contributed by atoms with Gasteiger partial charge >= 0.3 is 0 Å². The summed E-state index contributed by atoms with van der Waals surface area (Å²) < 4.78 is 28.4. The largest absolute Gasteiger partial charge is 0.268 e. The number of thiophene rings is 1. The molecule has 0 N–H and O–H groups in total. The van der Waals surface area contributed by atoms with Crippen LogP contribution in [0.15, 0.2) is 28.6 Å². The predicted molar refractivity (Wildman–Crippen MR) is 86.0 cm³/mol. The first-order chi connectivity index (χ1) is 10.4. The molecule has 0 bridgehead atoms. The molecule has 0 saturated carbocycles. The smallest absolute Gasteiger partial charge is 0.246 e. The monoisotopic (exact) mass is 338 g/mol. The van der Waals surface area contributed by atoms with Crippen LogP contribution in [0.25, 0.3) is 10.6 Å². The zero-order valence-electron chi connectivity index (χ0n) is 12.7. The highest BCUT2D eigenvalue weighted by atomic mass is 32.2. The molecular formula is C14H18N4O2S2. The zero-order chi connectivity index (χ0) is 16.3. The molecule has 2 heterocycles. The molecule has 2 aromatic rings. The number of aromatic nitrogens is 2. The van der Waals surface area contributed by atoms with E-state index in [2.05, 4.69) is 5.10 Å². The summed E-state index contributed by atoms with van der Waals surface area (Å²) >= 11 is 1.45. The molecule has 2 aromatic heterocycles. The lowest BCUT2D eigenvalue weighted by molar-refractivity contribution is 0.476. The van der Waals surface area contributed by atoms with E-state index in [-0.39, 0.29) is 23.9 Å². The number of nitrogens with zero attached hydrogens (tertiary/aromatic N) is 4. The fourth-order valence-corrected chi connectivity index (χ4v) is 4.00. The van der Waals surface area contributed by atoms with Gasteiger partial charge in [0.15, 0.2) is 0 Å². The third-order valence-corrected chi connectivity index (χ3v) is 5.94. The van der Waals surface area contributed by atoms with Crippen LogP contribution < -0.4 is 0 Å². The first-order valence-electron chi connectivity index (χ1n) is 6.84. The van der Waals surface area contributed by atoms with Crippen molar-refractivity contribution in [2.24, 2.45) is 0 Å². The Kier molecular flexibility index (Phi) is 5.01. The minimum atomic E-state index is -3.68. The normalized spacial score (nSPS) is 12.0. The lowest BCUT2D eigenvalue weighted by Gasteiger charge is -2.15. The summed E-state index contributed by atoms with van der Waals surface area (Å²) in [5.74, 6) is 0. The molecule has 8 heteroatoms. The summed E-state index contributed by atoms with van der Waals surface area (Å²) in [6.07, 6.45) is 1.72. The Labute approximate surface area is 134 Å². The molecule has 6 nitrogen and oxygen atoms in total. The average Bonchev–Trinajstić information content (AvgIpc) is 3.12. The Morgan fingerprint density at radius 1 is 1.50 bits per heavy atom. The van der Waals surface area contributed by atoms with Crippen LogP contribution in [0, 0.1) is 11.3 Å². The minimum Gasteiger partial charge on any atom is -0.268 e. The molecule has 0 radical (unpaired) electrons. The van der Waals surface area contributed by atoms with Crippen LogP contribution >= 0.6 is 11.3 Å². The van der Waals surface area contributed by atoms with Gasteiger partial charge < -0.3 is 0 Å². The standard InChI is InChI=1S/C14H18N4O2S2/c1-11(2)18-10-13(14(16-18)12-6-4-9-21-12)22(19,20)17(3)8-5-7-15/h4,6,9-11H,5,8H2,1-3H3. The van der Waals surface area contributed by atoms with Crippen molar-refractivity contribution in [3.05, 3.63) is 23.7 Å². The fraction of sp³-hybridized carbons (Fsp3) is 0.429. The van der Waals surface area contributed by atoms with Gasteiger partial charge in [0, 0.05) is 32.3 Å². The van der Waals surface area contributed by atoms with Crippen molar-refractivity contribution in [3.63, 3.8) is 0 Å². The van der Waals surface area contributed by atoms with Crippen LogP contribution in [0.2, 0.25) is 0 Å². The van der Waals surface area contributed by atoms with Crippen LogP contribution in [0.4, 0.5) is 0 Å². The van der Waals surface area contributed by atoms with Crippen molar-refractivity contribution in [1.82, 2.24) is 14.1 Å². The summed E-state index contributed by atoms with van der Waals surface area (Å²) in [5, 5.41) is 15.0. The van der Waals surface area contributed by atoms with Crippen LogP contribution in [0.3, 0.4) is 0 Å². The van der Waals surface area contributed by atoms with Gasteiger partial charge in [-0.1, -0.05) is 6.07 Å². The number of sulfonamides is 1. The lowest BCUT2D eigenvalue weighted by atomic mass is 10.3. The van der Waals surface area contributed by atoms with Crippen LogP contribution in [0.5, 0.6) is 0 Å². The predicted octanol–water partition coefficient (Wildman–Crippen LogP) is 2.73. The van der Waals surface area contributed by atoms with Crippen LogP contribution in [-0.2, 0) is 10.0 Å². The van der Waals surface area contributed by atoms with E-state index in [0.29, 0.717) is 5.69 Å². The molecule has 0 unspecified atom stereocenters. The first kappa shape index (κ1) is 16.7. The molecule has 2 rings (SSSR count). The highest BCUT2D eigenvalue weighted by Gasteiger charge is 2.28. The topological polar surface area (TPSA) is 79.0 Å². The van der Waals surface area contributed by atoms with Gasteiger partial charge in [-0.05, 0) is 25.3 Å². The fourth-order valence-electron chi connectivity index (χ4n) is 1.91. The number of rotatable bonds is 6. The second-order valence-corrected chi connectivity index (χ2v) is 8.09. The van der Waals surface area contributed by atoms with E-state index in [9.17, 15) is 8.42 Å². The molecule has 0 aliphatic carbocycles. The first-order valence-corrected chi connectivity index (χ1v) is 9.16. The maximum atomic E-state index is 12.8. The molecule has 0 fully saturated rings. The third-order valence-electron chi connectivity index (χ3n) is 3.21. The molecule has 0 aliphatic rings. The van der Waals surface area contributed by atoms with E-state index in [1.54, 1.807) is 10.9 Å². The quantitative estimate of drug-likeness (QED) is 0.811.